The van der Waals surface area contributed by atoms with Gasteiger partial charge < -0.3 is 19.0 Å². The number of carbonyl (C=O) groups excluding carboxylic acids is 2. The quantitative estimate of drug-likeness (QED) is 0.745. The predicted molar refractivity (Wildman–Crippen MR) is 100 cm³/mol. The molecule has 0 spiro atoms. The number of furan rings is 1. The van der Waals surface area contributed by atoms with Crippen LogP contribution in [0.2, 0.25) is 0 Å². The molecule has 7 heteroatoms. The number of aryl methyl sites for hydroxylation is 1. The predicted octanol–water partition coefficient (Wildman–Crippen LogP) is 2.97. The molecule has 0 aliphatic carbocycles. The van der Waals surface area contributed by atoms with E-state index in [1.807, 2.05) is 24.3 Å². The number of hydrogen-bond acceptors (Lipinski definition) is 4. The number of halogens is 1. The molecule has 2 heterocycles. The highest BCUT2D eigenvalue weighted by Gasteiger charge is 2.26. The van der Waals surface area contributed by atoms with Crippen LogP contribution in [-0.4, -0.2) is 54.4 Å². The fraction of sp³-hybridized carbons (Fsp3) is 0.368. The Morgan fingerprint density at radius 2 is 1.77 bits per heavy atom. The Morgan fingerprint density at radius 1 is 1.08 bits per heavy atom. The molecule has 0 N–H and O–H groups in total. The number of rotatable bonds is 5. The van der Waals surface area contributed by atoms with Gasteiger partial charge in [-0.3, -0.25) is 9.59 Å². The molecule has 1 saturated heterocycles. The maximum atomic E-state index is 12.4. The van der Waals surface area contributed by atoms with Crippen molar-refractivity contribution in [2.45, 2.75) is 13.3 Å². The lowest BCUT2D eigenvalue weighted by Crippen LogP contribution is -2.51. The van der Waals surface area contributed by atoms with E-state index < -0.39 is 0 Å². The number of nitrogens with zero attached hydrogens (tertiary/aromatic N) is 2. The molecule has 0 saturated carbocycles. The van der Waals surface area contributed by atoms with Crippen LogP contribution >= 0.6 is 15.9 Å². The molecular formula is C19H21BrN2O4. The Kier molecular flexibility index (Phi) is 5.98. The lowest BCUT2D eigenvalue weighted by molar-refractivity contribution is -0.134. The largest absolute Gasteiger partial charge is 0.483 e. The van der Waals surface area contributed by atoms with Crippen molar-refractivity contribution in [3.63, 3.8) is 0 Å². The van der Waals surface area contributed by atoms with Crippen LogP contribution < -0.4 is 4.74 Å². The molecule has 0 radical (unpaired) electrons. The minimum Gasteiger partial charge on any atom is -0.483 e. The first kappa shape index (κ1) is 18.5. The monoisotopic (exact) mass is 420 g/mol. The van der Waals surface area contributed by atoms with Crippen LogP contribution in [0.3, 0.4) is 0 Å². The average molecular weight is 421 g/mol. The third kappa shape index (κ3) is 4.27. The van der Waals surface area contributed by atoms with E-state index in [2.05, 4.69) is 22.9 Å². The molecule has 1 aromatic carbocycles. The fourth-order valence-corrected chi connectivity index (χ4v) is 3.22. The van der Waals surface area contributed by atoms with Gasteiger partial charge >= 0.3 is 0 Å². The highest BCUT2D eigenvalue weighted by Crippen LogP contribution is 2.19. The Balaban J connectivity index is 1.50. The summed E-state index contributed by atoms with van der Waals surface area (Å²) in [6, 6.07) is 11.1. The lowest BCUT2D eigenvalue weighted by Gasteiger charge is -2.34. The first-order valence-electron chi connectivity index (χ1n) is 8.61. The zero-order valence-electron chi connectivity index (χ0n) is 14.6. The lowest BCUT2D eigenvalue weighted by atomic mass is 10.1. The molecule has 1 aromatic heterocycles. The number of piperazine rings is 1. The van der Waals surface area contributed by atoms with Gasteiger partial charge in [0.05, 0.1) is 0 Å². The van der Waals surface area contributed by atoms with Crippen molar-refractivity contribution in [2.75, 3.05) is 32.8 Å². The summed E-state index contributed by atoms with van der Waals surface area (Å²) in [5.41, 5.74) is 1.08. The Morgan fingerprint density at radius 3 is 2.42 bits per heavy atom. The summed E-state index contributed by atoms with van der Waals surface area (Å²) in [7, 11) is 0. The van der Waals surface area contributed by atoms with Gasteiger partial charge in [0, 0.05) is 26.2 Å². The number of amides is 2. The van der Waals surface area contributed by atoms with Gasteiger partial charge in [-0.25, -0.2) is 0 Å². The molecule has 6 nitrogen and oxygen atoms in total. The van der Waals surface area contributed by atoms with E-state index >= 15 is 0 Å². The summed E-state index contributed by atoms with van der Waals surface area (Å²) in [6.07, 6.45) is 0.855. The number of ether oxygens (including phenoxy) is 1. The molecule has 26 heavy (non-hydrogen) atoms. The smallest absolute Gasteiger partial charge is 0.289 e. The fourth-order valence-electron chi connectivity index (χ4n) is 2.91. The number of carbonyl (C=O) groups is 2. The molecule has 0 atom stereocenters. The van der Waals surface area contributed by atoms with E-state index in [0.29, 0.717) is 36.6 Å². The summed E-state index contributed by atoms with van der Waals surface area (Å²) < 4.78 is 11.5. The van der Waals surface area contributed by atoms with Gasteiger partial charge in [-0.1, -0.05) is 25.1 Å². The molecule has 2 amide bonds. The molecule has 138 valence electrons. The van der Waals surface area contributed by atoms with Crippen LogP contribution in [0.15, 0.2) is 45.5 Å². The molecule has 0 bridgehead atoms. The summed E-state index contributed by atoms with van der Waals surface area (Å²) in [5, 5.41) is 0. The van der Waals surface area contributed by atoms with E-state index in [9.17, 15) is 9.59 Å². The van der Waals surface area contributed by atoms with Gasteiger partial charge in [0.15, 0.2) is 17.0 Å². The molecule has 2 aromatic rings. The summed E-state index contributed by atoms with van der Waals surface area (Å²) in [6.45, 7) is 4.01. The summed E-state index contributed by atoms with van der Waals surface area (Å²) >= 11 is 3.20. The summed E-state index contributed by atoms with van der Waals surface area (Å²) in [5.74, 6) is 0.830. The Labute approximate surface area is 160 Å². The van der Waals surface area contributed by atoms with Crippen LogP contribution in [0.25, 0.3) is 0 Å². The van der Waals surface area contributed by atoms with Crippen molar-refractivity contribution in [3.8, 4) is 5.75 Å². The molecule has 3 rings (SSSR count). The van der Waals surface area contributed by atoms with E-state index in [4.69, 9.17) is 9.15 Å². The zero-order valence-corrected chi connectivity index (χ0v) is 16.2. The number of para-hydroxylation sites is 1. The van der Waals surface area contributed by atoms with E-state index in [1.165, 1.54) is 0 Å². The second-order valence-electron chi connectivity index (χ2n) is 6.03. The van der Waals surface area contributed by atoms with Crippen molar-refractivity contribution in [3.05, 3.63) is 52.4 Å². The van der Waals surface area contributed by atoms with Gasteiger partial charge in [-0.2, -0.15) is 0 Å². The Bertz CT molecular complexity index is 781. The molecule has 1 aliphatic rings. The maximum Gasteiger partial charge on any atom is 0.289 e. The molecule has 1 fully saturated rings. The minimum absolute atomic E-state index is 0.0100. The van der Waals surface area contributed by atoms with Gasteiger partial charge in [0.25, 0.3) is 11.8 Å². The van der Waals surface area contributed by atoms with Crippen LogP contribution in [-0.2, 0) is 11.2 Å². The van der Waals surface area contributed by atoms with Crippen molar-refractivity contribution in [1.82, 2.24) is 9.80 Å². The maximum absolute atomic E-state index is 12.4. The van der Waals surface area contributed by atoms with E-state index in [-0.39, 0.29) is 18.4 Å². The highest BCUT2D eigenvalue weighted by atomic mass is 79.9. The molecule has 0 unspecified atom stereocenters. The Hall–Kier alpha value is -2.28. The number of hydrogen-bond donors (Lipinski definition) is 0. The topological polar surface area (TPSA) is 63.0 Å². The molecule has 1 aliphatic heterocycles. The average Bonchev–Trinajstić information content (AvgIpc) is 3.12. The summed E-state index contributed by atoms with van der Waals surface area (Å²) in [4.78, 5) is 28.2. The minimum atomic E-state index is -0.157. The highest BCUT2D eigenvalue weighted by molar-refractivity contribution is 9.10. The van der Waals surface area contributed by atoms with Gasteiger partial charge in [-0.15, -0.1) is 0 Å². The molecular weight excluding hydrogens is 400 g/mol. The van der Waals surface area contributed by atoms with Crippen molar-refractivity contribution in [2.24, 2.45) is 0 Å². The van der Waals surface area contributed by atoms with Crippen molar-refractivity contribution < 1.29 is 18.7 Å². The standard InChI is InChI=1S/C19H21BrN2O4/c1-2-14-5-3-4-6-15(14)25-13-18(23)21-9-11-22(12-10-21)19(24)16-7-8-17(20)26-16/h3-8H,2,9-13H2,1H3. The van der Waals surface area contributed by atoms with Gasteiger partial charge in [0.2, 0.25) is 0 Å². The normalized spacial score (nSPS) is 14.4. The van der Waals surface area contributed by atoms with Crippen molar-refractivity contribution in [1.29, 1.82) is 0 Å². The third-order valence-electron chi connectivity index (χ3n) is 4.41. The van der Waals surface area contributed by atoms with Crippen LogP contribution in [0, 0.1) is 0 Å². The second-order valence-corrected chi connectivity index (χ2v) is 6.81. The number of benzene rings is 1. The second kappa shape index (κ2) is 8.40. The first-order valence-corrected chi connectivity index (χ1v) is 9.41. The van der Waals surface area contributed by atoms with Crippen LogP contribution in [0.5, 0.6) is 5.75 Å². The van der Waals surface area contributed by atoms with E-state index in [0.717, 1.165) is 17.7 Å². The van der Waals surface area contributed by atoms with Gasteiger partial charge in [0.1, 0.15) is 5.75 Å². The van der Waals surface area contributed by atoms with Crippen molar-refractivity contribution >= 4 is 27.7 Å². The van der Waals surface area contributed by atoms with Gasteiger partial charge in [-0.05, 0) is 46.1 Å². The van der Waals surface area contributed by atoms with Crippen LogP contribution in [0.4, 0.5) is 0 Å². The first-order chi connectivity index (χ1) is 12.6. The SMILES string of the molecule is CCc1ccccc1OCC(=O)N1CCN(C(=O)c2ccc(Br)o2)CC1. The van der Waals surface area contributed by atoms with E-state index in [1.54, 1.807) is 21.9 Å². The zero-order chi connectivity index (χ0) is 18.5. The van der Waals surface area contributed by atoms with Crippen LogP contribution in [0.1, 0.15) is 23.0 Å². The third-order valence-corrected chi connectivity index (χ3v) is 4.83.